The van der Waals surface area contributed by atoms with Crippen LogP contribution in [0.3, 0.4) is 0 Å². The molecule has 0 heterocycles. The third-order valence-electron chi connectivity index (χ3n) is 14.6. The molecule has 0 spiro atoms. The molecule has 4 saturated carbocycles. The predicted octanol–water partition coefficient (Wildman–Crippen LogP) is 7.65. The highest BCUT2D eigenvalue weighted by molar-refractivity contribution is 6.04. The van der Waals surface area contributed by atoms with Gasteiger partial charge in [-0.25, -0.2) is 0 Å². The molecule has 1 amide bonds. The van der Waals surface area contributed by atoms with Gasteiger partial charge in [-0.05, 0) is 91.9 Å². The molecule has 6 aliphatic carbocycles. The highest BCUT2D eigenvalue weighted by Crippen LogP contribution is 2.74. The van der Waals surface area contributed by atoms with Crippen molar-refractivity contribution in [1.29, 1.82) is 5.26 Å². The number of nitriles is 1. The number of carbonyl (C=O) groups is 3. The first-order chi connectivity index (χ1) is 19.6. The highest BCUT2D eigenvalue weighted by atomic mass is 16.2. The van der Waals surface area contributed by atoms with Crippen molar-refractivity contribution in [2.45, 2.75) is 132 Å². The van der Waals surface area contributed by atoms with Gasteiger partial charge in [-0.2, -0.15) is 5.26 Å². The number of carbonyl (C=O) groups excluding carboxylic acids is 3. The van der Waals surface area contributed by atoms with Gasteiger partial charge in [0, 0.05) is 28.2 Å². The van der Waals surface area contributed by atoms with E-state index >= 15 is 0 Å². The molecule has 42 heavy (non-hydrogen) atoms. The number of hydrogen-bond acceptors (Lipinski definition) is 4. The third-order valence-corrected chi connectivity index (χ3v) is 14.6. The van der Waals surface area contributed by atoms with Crippen molar-refractivity contribution in [3.63, 3.8) is 0 Å². The molecule has 0 aromatic heterocycles. The van der Waals surface area contributed by atoms with Crippen LogP contribution in [0, 0.1) is 61.6 Å². The van der Waals surface area contributed by atoms with E-state index in [2.05, 4.69) is 46.0 Å². The molecule has 0 bridgehead atoms. The summed E-state index contributed by atoms with van der Waals surface area (Å²) in [4.78, 5) is 41.7. The van der Waals surface area contributed by atoms with Gasteiger partial charge in [0.15, 0.2) is 11.6 Å². The first-order valence-corrected chi connectivity index (χ1v) is 16.8. The van der Waals surface area contributed by atoms with E-state index in [1.54, 1.807) is 0 Å². The quantitative estimate of drug-likeness (QED) is 0.368. The number of nitrogens with one attached hydrogen (secondary N) is 1. The van der Waals surface area contributed by atoms with Crippen molar-refractivity contribution in [2.75, 3.05) is 0 Å². The number of nitrogens with zero attached hydrogens (tertiary/aromatic N) is 1. The van der Waals surface area contributed by atoms with E-state index in [9.17, 15) is 19.6 Å². The smallest absolute Gasteiger partial charge is 0.226 e. The van der Waals surface area contributed by atoms with Crippen LogP contribution in [0.15, 0.2) is 23.3 Å². The van der Waals surface area contributed by atoms with Crippen LogP contribution >= 0.6 is 0 Å². The molecule has 0 aromatic rings. The number of allylic oxidation sites excluding steroid dienone is 4. The van der Waals surface area contributed by atoms with E-state index in [4.69, 9.17) is 0 Å². The Hall–Kier alpha value is -2.22. The standard InChI is InChI=1S/C37H52N2O3/c1-32(2)27-13-14-36(6)28(35(27,5)20-23(22-38)30(32)41)19-26(40)29-25-21-34(4,31(42)39-24-11-9-8-10-12-24)16-15-33(25,3)17-18-37(29,36)7/h19-20,24-25,27,29H,8-18,21H2,1-7H3,(H,39,42)/t25-,27-,29-,33+,34-,35-,36+,37+/m0/s1. The maximum atomic E-state index is 14.6. The Labute approximate surface area is 253 Å². The summed E-state index contributed by atoms with van der Waals surface area (Å²) in [6, 6.07) is 2.50. The van der Waals surface area contributed by atoms with Gasteiger partial charge in [0.1, 0.15) is 6.07 Å². The van der Waals surface area contributed by atoms with Gasteiger partial charge in [-0.3, -0.25) is 14.4 Å². The van der Waals surface area contributed by atoms with Gasteiger partial charge in [-0.15, -0.1) is 0 Å². The van der Waals surface area contributed by atoms with Gasteiger partial charge in [0.25, 0.3) is 0 Å². The average Bonchev–Trinajstić information content (AvgIpc) is 2.94. The van der Waals surface area contributed by atoms with E-state index in [1.807, 2.05) is 26.0 Å². The Morgan fingerprint density at radius 3 is 2.24 bits per heavy atom. The minimum absolute atomic E-state index is 0.0530. The molecule has 0 unspecified atom stereocenters. The van der Waals surface area contributed by atoms with Gasteiger partial charge in [0.2, 0.25) is 5.91 Å². The molecule has 0 saturated heterocycles. The maximum absolute atomic E-state index is 14.6. The van der Waals surface area contributed by atoms with Crippen LogP contribution in [0.2, 0.25) is 0 Å². The molecule has 4 fully saturated rings. The van der Waals surface area contributed by atoms with Gasteiger partial charge in [0.05, 0.1) is 5.57 Å². The van der Waals surface area contributed by atoms with Crippen LogP contribution in [0.1, 0.15) is 126 Å². The van der Waals surface area contributed by atoms with E-state index < -0.39 is 16.2 Å². The van der Waals surface area contributed by atoms with Crippen LogP contribution in [0.25, 0.3) is 0 Å². The van der Waals surface area contributed by atoms with Crippen molar-refractivity contribution >= 4 is 17.5 Å². The number of ketones is 2. The van der Waals surface area contributed by atoms with Crippen LogP contribution < -0.4 is 5.32 Å². The third kappa shape index (κ3) is 3.88. The van der Waals surface area contributed by atoms with Crippen molar-refractivity contribution in [3.8, 4) is 6.07 Å². The number of amides is 1. The Kier molecular flexibility index (Phi) is 6.67. The number of Topliss-reactive ketones (excluding diaryl/α,β-unsaturated/α-hetero) is 1. The second-order valence-electron chi connectivity index (χ2n) is 17.1. The summed E-state index contributed by atoms with van der Waals surface area (Å²) in [5.41, 5.74) is -0.638. The first-order valence-electron chi connectivity index (χ1n) is 16.8. The molecular weight excluding hydrogens is 520 g/mol. The highest BCUT2D eigenvalue weighted by Gasteiger charge is 2.69. The second-order valence-corrected chi connectivity index (χ2v) is 17.1. The summed E-state index contributed by atoms with van der Waals surface area (Å²) in [6.07, 6.45) is 16.3. The van der Waals surface area contributed by atoms with Crippen LogP contribution in [-0.2, 0) is 14.4 Å². The van der Waals surface area contributed by atoms with Crippen molar-refractivity contribution < 1.29 is 14.4 Å². The molecule has 5 heteroatoms. The van der Waals surface area contributed by atoms with Crippen LogP contribution in [0.5, 0.6) is 0 Å². The zero-order valence-corrected chi connectivity index (χ0v) is 27.1. The molecule has 228 valence electrons. The number of rotatable bonds is 2. The first kappa shape index (κ1) is 29.8. The van der Waals surface area contributed by atoms with Crippen molar-refractivity contribution in [1.82, 2.24) is 5.32 Å². The lowest BCUT2D eigenvalue weighted by atomic mass is 9.34. The van der Waals surface area contributed by atoms with Gasteiger partial charge >= 0.3 is 0 Å². The average molecular weight is 573 g/mol. The van der Waals surface area contributed by atoms with Crippen molar-refractivity contribution in [3.05, 3.63) is 23.3 Å². The van der Waals surface area contributed by atoms with Gasteiger partial charge in [-0.1, -0.05) is 79.4 Å². The fraction of sp³-hybridized carbons (Fsp3) is 0.784. The van der Waals surface area contributed by atoms with Crippen LogP contribution in [0.4, 0.5) is 0 Å². The van der Waals surface area contributed by atoms with Crippen molar-refractivity contribution in [2.24, 2.45) is 50.2 Å². The molecule has 0 aromatic carbocycles. The normalized spacial score (nSPS) is 46.6. The Balaban J connectivity index is 1.39. The van der Waals surface area contributed by atoms with Crippen LogP contribution in [-0.4, -0.2) is 23.5 Å². The molecule has 1 N–H and O–H groups in total. The lowest BCUT2D eigenvalue weighted by Crippen LogP contribution is -2.65. The van der Waals surface area contributed by atoms with E-state index in [0.29, 0.717) is 6.04 Å². The molecule has 0 radical (unpaired) electrons. The van der Waals surface area contributed by atoms with E-state index in [0.717, 1.165) is 63.4 Å². The lowest BCUT2D eigenvalue weighted by Gasteiger charge is -2.69. The number of hydrogen-bond donors (Lipinski definition) is 1. The predicted molar refractivity (Wildman–Crippen MR) is 164 cm³/mol. The SMILES string of the molecule is CC1(C)C(=O)C(C#N)=C[C@]2(C)C3=CC(=O)[C@@H]4[C@@H]5C[C@@](C)(C(=O)NC6CCCCC6)CC[C@]5(C)CC[C@@]4(C)[C@]3(C)CC[C@@H]12. The molecule has 0 aliphatic heterocycles. The Morgan fingerprint density at radius 2 is 1.57 bits per heavy atom. The zero-order chi connectivity index (χ0) is 30.5. The lowest BCUT2D eigenvalue weighted by molar-refractivity contribution is -0.172. The number of fused-ring (bicyclic) bond motifs is 7. The molecule has 6 rings (SSSR count). The monoisotopic (exact) mass is 572 g/mol. The summed E-state index contributed by atoms with van der Waals surface area (Å²) < 4.78 is 0. The summed E-state index contributed by atoms with van der Waals surface area (Å²) in [5, 5.41) is 13.4. The summed E-state index contributed by atoms with van der Waals surface area (Å²) in [7, 11) is 0. The fourth-order valence-corrected chi connectivity index (χ4v) is 11.5. The minimum atomic E-state index is -0.653. The second kappa shape index (κ2) is 9.39. The molecule has 5 nitrogen and oxygen atoms in total. The summed E-state index contributed by atoms with van der Waals surface area (Å²) >= 11 is 0. The summed E-state index contributed by atoms with van der Waals surface area (Å²) in [5.74, 6) is 0.438. The van der Waals surface area contributed by atoms with E-state index in [1.165, 1.54) is 19.3 Å². The topological polar surface area (TPSA) is 87.0 Å². The molecular formula is C37H52N2O3. The fourth-order valence-electron chi connectivity index (χ4n) is 11.5. The maximum Gasteiger partial charge on any atom is 0.226 e. The Bertz CT molecular complexity index is 1330. The molecule has 8 atom stereocenters. The zero-order valence-electron chi connectivity index (χ0n) is 27.1. The minimum Gasteiger partial charge on any atom is -0.353 e. The Morgan fingerprint density at radius 1 is 0.905 bits per heavy atom. The van der Waals surface area contributed by atoms with Gasteiger partial charge < -0.3 is 5.32 Å². The summed E-state index contributed by atoms with van der Waals surface area (Å²) in [6.45, 7) is 15.5. The van der Waals surface area contributed by atoms with E-state index in [-0.39, 0.29) is 57.0 Å². The molecule has 6 aliphatic rings. The largest absolute Gasteiger partial charge is 0.353 e.